The van der Waals surface area contributed by atoms with Crippen molar-refractivity contribution in [1.82, 2.24) is 5.32 Å². The van der Waals surface area contributed by atoms with Crippen molar-refractivity contribution >= 4 is 5.91 Å². The molecule has 0 radical (unpaired) electrons. The molecule has 1 atom stereocenters. The molecular formula is C13H16F3NO. The van der Waals surface area contributed by atoms with E-state index in [9.17, 15) is 18.0 Å². The van der Waals surface area contributed by atoms with Gasteiger partial charge < -0.3 is 5.32 Å². The molecular weight excluding hydrogens is 243 g/mol. The Morgan fingerprint density at radius 2 is 1.61 bits per heavy atom. The SMILES string of the molecule is CC(C)(C)C(=O)NC(c1ccccc1)C(F)(F)F. The van der Waals surface area contributed by atoms with Crippen molar-refractivity contribution in [2.45, 2.75) is 33.0 Å². The first kappa shape index (κ1) is 14.5. The third-order valence-electron chi connectivity index (χ3n) is 2.42. The topological polar surface area (TPSA) is 29.1 Å². The molecule has 0 aromatic heterocycles. The van der Waals surface area contributed by atoms with Crippen LogP contribution in [0.3, 0.4) is 0 Å². The molecule has 0 fully saturated rings. The normalized spacial score (nSPS) is 14.1. The second-order valence-corrected chi connectivity index (χ2v) is 5.11. The van der Waals surface area contributed by atoms with Crippen LogP contribution in [0, 0.1) is 5.41 Å². The fourth-order valence-corrected chi connectivity index (χ4v) is 1.35. The summed E-state index contributed by atoms with van der Waals surface area (Å²) >= 11 is 0. The summed E-state index contributed by atoms with van der Waals surface area (Å²) in [6, 6.07) is 5.38. The smallest absolute Gasteiger partial charge is 0.340 e. The first-order valence-electron chi connectivity index (χ1n) is 5.55. The quantitative estimate of drug-likeness (QED) is 0.866. The van der Waals surface area contributed by atoms with Crippen LogP contribution >= 0.6 is 0 Å². The summed E-state index contributed by atoms with van der Waals surface area (Å²) in [7, 11) is 0. The van der Waals surface area contributed by atoms with Crippen molar-refractivity contribution in [3.8, 4) is 0 Å². The molecule has 0 aliphatic carbocycles. The number of carbonyl (C=O) groups is 1. The number of carbonyl (C=O) groups excluding carboxylic acids is 1. The maximum atomic E-state index is 12.9. The maximum Gasteiger partial charge on any atom is 0.412 e. The van der Waals surface area contributed by atoms with Crippen LogP contribution in [0.25, 0.3) is 0 Å². The van der Waals surface area contributed by atoms with Crippen LogP contribution in [0.1, 0.15) is 32.4 Å². The minimum atomic E-state index is -4.51. The van der Waals surface area contributed by atoms with Crippen LogP contribution in [0.2, 0.25) is 0 Å². The molecule has 1 unspecified atom stereocenters. The van der Waals surface area contributed by atoms with E-state index in [4.69, 9.17) is 0 Å². The predicted octanol–water partition coefficient (Wildman–Crippen LogP) is 3.45. The molecule has 0 bridgehead atoms. The summed E-state index contributed by atoms with van der Waals surface area (Å²) in [6.45, 7) is 4.71. The van der Waals surface area contributed by atoms with E-state index in [0.29, 0.717) is 0 Å². The lowest BCUT2D eigenvalue weighted by Gasteiger charge is -2.26. The van der Waals surface area contributed by atoms with Crippen LogP contribution in [0.5, 0.6) is 0 Å². The van der Waals surface area contributed by atoms with Gasteiger partial charge in [0.05, 0.1) is 0 Å². The van der Waals surface area contributed by atoms with Gasteiger partial charge in [0, 0.05) is 5.41 Å². The number of nitrogens with one attached hydrogen (secondary N) is 1. The highest BCUT2D eigenvalue weighted by Gasteiger charge is 2.43. The summed E-state index contributed by atoms with van der Waals surface area (Å²) < 4.78 is 38.8. The lowest BCUT2D eigenvalue weighted by Crippen LogP contribution is -2.43. The molecule has 0 aliphatic heterocycles. The molecule has 5 heteroatoms. The minimum Gasteiger partial charge on any atom is -0.340 e. The summed E-state index contributed by atoms with van der Waals surface area (Å²) in [6.07, 6.45) is -4.51. The number of benzene rings is 1. The Balaban J connectivity index is 2.99. The summed E-state index contributed by atoms with van der Waals surface area (Å²) in [5, 5.41) is 2.05. The zero-order valence-electron chi connectivity index (χ0n) is 10.5. The van der Waals surface area contributed by atoms with E-state index in [-0.39, 0.29) is 5.56 Å². The van der Waals surface area contributed by atoms with Gasteiger partial charge in [-0.15, -0.1) is 0 Å². The van der Waals surface area contributed by atoms with Gasteiger partial charge >= 0.3 is 6.18 Å². The number of halogens is 3. The average molecular weight is 259 g/mol. The largest absolute Gasteiger partial charge is 0.412 e. The lowest BCUT2D eigenvalue weighted by molar-refractivity contribution is -0.165. The summed E-state index contributed by atoms with van der Waals surface area (Å²) in [4.78, 5) is 11.7. The Bertz CT molecular complexity index is 406. The molecule has 1 N–H and O–H groups in total. The van der Waals surface area contributed by atoms with E-state index in [1.165, 1.54) is 24.3 Å². The molecule has 100 valence electrons. The van der Waals surface area contributed by atoms with Crippen LogP contribution in [-0.4, -0.2) is 12.1 Å². The van der Waals surface area contributed by atoms with Crippen molar-refractivity contribution in [2.24, 2.45) is 5.41 Å². The molecule has 0 heterocycles. The Morgan fingerprint density at radius 3 is 2.00 bits per heavy atom. The second-order valence-electron chi connectivity index (χ2n) is 5.11. The third kappa shape index (κ3) is 3.75. The minimum absolute atomic E-state index is 0.0302. The molecule has 1 amide bonds. The number of rotatable bonds is 2. The number of amides is 1. The van der Waals surface area contributed by atoms with Crippen LogP contribution in [0.4, 0.5) is 13.2 Å². The van der Waals surface area contributed by atoms with Crippen LogP contribution in [0.15, 0.2) is 30.3 Å². The standard InChI is InChI=1S/C13H16F3NO/c1-12(2,3)11(18)17-10(13(14,15)16)9-7-5-4-6-8-9/h4-8,10H,1-3H3,(H,17,18). The van der Waals surface area contributed by atoms with Gasteiger partial charge in [0.1, 0.15) is 0 Å². The Morgan fingerprint density at radius 1 is 1.11 bits per heavy atom. The average Bonchev–Trinajstić information content (AvgIpc) is 2.23. The highest BCUT2D eigenvalue weighted by atomic mass is 19.4. The zero-order chi connectivity index (χ0) is 14.0. The van der Waals surface area contributed by atoms with E-state index in [2.05, 4.69) is 0 Å². The second kappa shape index (κ2) is 5.00. The Hall–Kier alpha value is -1.52. The predicted molar refractivity (Wildman–Crippen MR) is 62.8 cm³/mol. The molecule has 2 nitrogen and oxygen atoms in total. The Labute approximate surface area is 104 Å². The number of alkyl halides is 3. The van der Waals surface area contributed by atoms with Gasteiger partial charge in [0.2, 0.25) is 5.91 Å². The number of hydrogen-bond acceptors (Lipinski definition) is 1. The van der Waals surface area contributed by atoms with Crippen molar-refractivity contribution in [3.63, 3.8) is 0 Å². The van der Waals surface area contributed by atoms with Crippen LogP contribution < -0.4 is 5.32 Å². The van der Waals surface area contributed by atoms with Gasteiger partial charge in [-0.3, -0.25) is 4.79 Å². The molecule has 0 saturated carbocycles. The molecule has 1 aromatic rings. The summed E-state index contributed by atoms with van der Waals surface area (Å²) in [5.74, 6) is -0.631. The van der Waals surface area contributed by atoms with Gasteiger partial charge in [-0.1, -0.05) is 51.1 Å². The molecule has 0 spiro atoms. The van der Waals surface area contributed by atoms with E-state index in [1.807, 2.05) is 5.32 Å². The third-order valence-corrected chi connectivity index (χ3v) is 2.42. The van der Waals surface area contributed by atoms with Crippen molar-refractivity contribution in [3.05, 3.63) is 35.9 Å². The van der Waals surface area contributed by atoms with E-state index in [1.54, 1.807) is 26.8 Å². The zero-order valence-corrected chi connectivity index (χ0v) is 10.5. The Kier molecular flexibility index (Phi) is 4.04. The maximum absolute atomic E-state index is 12.9. The lowest BCUT2D eigenvalue weighted by atomic mass is 9.94. The fraction of sp³-hybridized carbons (Fsp3) is 0.462. The van der Waals surface area contributed by atoms with Gasteiger partial charge in [0.25, 0.3) is 0 Å². The molecule has 0 saturated heterocycles. The van der Waals surface area contributed by atoms with E-state index >= 15 is 0 Å². The van der Waals surface area contributed by atoms with Crippen LogP contribution in [-0.2, 0) is 4.79 Å². The van der Waals surface area contributed by atoms with Crippen molar-refractivity contribution in [2.75, 3.05) is 0 Å². The van der Waals surface area contributed by atoms with E-state index in [0.717, 1.165) is 0 Å². The first-order valence-corrected chi connectivity index (χ1v) is 5.55. The summed E-state index contributed by atoms with van der Waals surface area (Å²) in [5.41, 5.74) is -0.833. The molecule has 1 rings (SSSR count). The number of hydrogen-bond donors (Lipinski definition) is 1. The van der Waals surface area contributed by atoms with Gasteiger partial charge in [-0.2, -0.15) is 13.2 Å². The monoisotopic (exact) mass is 259 g/mol. The molecule has 18 heavy (non-hydrogen) atoms. The molecule has 0 aliphatic rings. The van der Waals surface area contributed by atoms with Crippen molar-refractivity contribution < 1.29 is 18.0 Å². The van der Waals surface area contributed by atoms with Gasteiger partial charge in [0.15, 0.2) is 6.04 Å². The van der Waals surface area contributed by atoms with E-state index < -0.39 is 23.5 Å². The van der Waals surface area contributed by atoms with Gasteiger partial charge in [-0.25, -0.2) is 0 Å². The highest BCUT2D eigenvalue weighted by molar-refractivity contribution is 5.81. The van der Waals surface area contributed by atoms with Gasteiger partial charge in [-0.05, 0) is 5.56 Å². The highest BCUT2D eigenvalue weighted by Crippen LogP contribution is 2.33. The first-order chi connectivity index (χ1) is 8.12. The molecule has 1 aromatic carbocycles. The van der Waals surface area contributed by atoms with Crippen molar-refractivity contribution in [1.29, 1.82) is 0 Å². The fourth-order valence-electron chi connectivity index (χ4n) is 1.35.